The number of anilines is 1. The van der Waals surface area contributed by atoms with E-state index in [9.17, 15) is 4.79 Å². The molecule has 0 bridgehead atoms. The number of nitrogens with two attached hydrogens (primary N) is 1. The Balaban J connectivity index is 1.42. The van der Waals surface area contributed by atoms with Crippen LogP contribution in [0, 0.1) is 0 Å². The molecule has 0 aliphatic carbocycles. The van der Waals surface area contributed by atoms with Crippen molar-refractivity contribution in [1.82, 2.24) is 20.2 Å². The highest BCUT2D eigenvalue weighted by Crippen LogP contribution is 2.35. The molecule has 146 valence electrons. The van der Waals surface area contributed by atoms with Crippen molar-refractivity contribution in [2.75, 3.05) is 11.5 Å². The van der Waals surface area contributed by atoms with Gasteiger partial charge in [0.15, 0.2) is 5.76 Å². The van der Waals surface area contributed by atoms with E-state index in [1.807, 2.05) is 36.4 Å². The summed E-state index contributed by atoms with van der Waals surface area (Å²) in [5.74, 6) is 1.45. The molecule has 3 aromatic heterocycles. The van der Waals surface area contributed by atoms with Gasteiger partial charge in [0.05, 0.1) is 12.0 Å². The number of hydrogen-bond donors (Lipinski definition) is 2. The summed E-state index contributed by atoms with van der Waals surface area (Å²) in [6.07, 6.45) is 2.08. The number of nitrogen functional groups attached to an aromatic ring is 1. The molecule has 0 unspecified atom stereocenters. The normalized spacial score (nSPS) is 16.5. The Hall–Kier alpha value is -3.53. The van der Waals surface area contributed by atoms with Crippen LogP contribution in [0.4, 0.5) is 5.95 Å². The third kappa shape index (κ3) is 3.38. The molecule has 1 atom stereocenters. The first-order valence-corrected chi connectivity index (χ1v) is 9.88. The van der Waals surface area contributed by atoms with Gasteiger partial charge in [-0.05, 0) is 24.3 Å². The zero-order chi connectivity index (χ0) is 19.8. The number of H-pyrrole nitrogens is 1. The predicted octanol–water partition coefficient (Wildman–Crippen LogP) is 3.20. The third-order valence-electron chi connectivity index (χ3n) is 4.55. The predicted molar refractivity (Wildman–Crippen MR) is 107 cm³/mol. The largest absolute Gasteiger partial charge is 0.467 e. The van der Waals surface area contributed by atoms with Crippen LogP contribution in [0.1, 0.15) is 24.0 Å². The molecule has 4 heterocycles. The first kappa shape index (κ1) is 17.6. The van der Waals surface area contributed by atoms with Gasteiger partial charge < -0.3 is 14.6 Å². The maximum atomic E-state index is 12.9. The van der Waals surface area contributed by atoms with Crippen LogP contribution < -0.4 is 5.73 Å². The summed E-state index contributed by atoms with van der Waals surface area (Å²) in [6.45, 7) is 0. The van der Waals surface area contributed by atoms with Crippen LogP contribution in [0.5, 0.6) is 0 Å². The van der Waals surface area contributed by atoms with Crippen LogP contribution in [0.2, 0.25) is 0 Å². The summed E-state index contributed by atoms with van der Waals surface area (Å²) >= 11 is 1.19. The summed E-state index contributed by atoms with van der Waals surface area (Å²) in [4.78, 5) is 16.9. The number of hydrogen-bond acceptors (Lipinski definition) is 8. The number of thioether (sulfide) groups is 1. The van der Waals surface area contributed by atoms with Crippen molar-refractivity contribution in [3.63, 3.8) is 0 Å². The molecule has 4 aromatic rings. The quantitative estimate of drug-likeness (QED) is 0.486. The fraction of sp³-hybridized carbons (Fsp3) is 0.158. The molecular weight excluding hydrogens is 392 g/mol. The smallest absolute Gasteiger partial charge is 0.253 e. The third-order valence-corrected chi connectivity index (χ3v) is 5.39. The van der Waals surface area contributed by atoms with Gasteiger partial charge in [0.25, 0.3) is 5.91 Å². The molecule has 1 aliphatic rings. The highest BCUT2D eigenvalue weighted by Gasteiger charge is 2.36. The van der Waals surface area contributed by atoms with Crippen LogP contribution >= 0.6 is 11.8 Å². The van der Waals surface area contributed by atoms with E-state index in [-0.39, 0.29) is 23.7 Å². The summed E-state index contributed by atoms with van der Waals surface area (Å²) in [6, 6.07) is 13.0. The van der Waals surface area contributed by atoms with Gasteiger partial charge in [-0.3, -0.25) is 4.79 Å². The summed E-state index contributed by atoms with van der Waals surface area (Å²) in [5, 5.41) is 13.9. The lowest BCUT2D eigenvalue weighted by Crippen LogP contribution is -2.28. The molecule has 0 spiro atoms. The summed E-state index contributed by atoms with van der Waals surface area (Å²) in [7, 11) is 0. The minimum absolute atomic E-state index is 0.116. The summed E-state index contributed by atoms with van der Waals surface area (Å²) in [5.41, 5.74) is 7.00. The van der Waals surface area contributed by atoms with E-state index in [0.29, 0.717) is 28.8 Å². The molecule has 0 radical (unpaired) electrons. The Morgan fingerprint density at radius 1 is 1.31 bits per heavy atom. The Labute approximate surface area is 169 Å². The standard InChI is InChI=1S/C19H16N6O3S/c20-18-21-19(23-22-18)29-10-17(26)25-13(15-6-3-7-27-15)9-12(24-25)16-8-11-4-1-2-5-14(11)28-16/h1-8,13H,9-10H2,(H3,20,21,22,23)/t13-/m1/s1. The monoisotopic (exact) mass is 408 g/mol. The van der Waals surface area contributed by atoms with Crippen LogP contribution in [0.25, 0.3) is 11.0 Å². The average molecular weight is 408 g/mol. The average Bonchev–Trinajstić information content (AvgIpc) is 3.51. The van der Waals surface area contributed by atoms with Crippen molar-refractivity contribution in [1.29, 1.82) is 0 Å². The van der Waals surface area contributed by atoms with Crippen molar-refractivity contribution in [2.24, 2.45) is 5.10 Å². The first-order chi connectivity index (χ1) is 14.2. The molecule has 0 fully saturated rings. The fourth-order valence-electron chi connectivity index (χ4n) is 3.23. The number of aromatic amines is 1. The van der Waals surface area contributed by atoms with Crippen LogP contribution in [-0.2, 0) is 4.79 Å². The van der Waals surface area contributed by atoms with Crippen molar-refractivity contribution in [3.05, 3.63) is 60.2 Å². The van der Waals surface area contributed by atoms with Crippen molar-refractivity contribution in [3.8, 4) is 0 Å². The first-order valence-electron chi connectivity index (χ1n) is 8.90. The molecule has 1 amide bonds. The Bertz CT molecular complexity index is 1160. The lowest BCUT2D eigenvalue weighted by molar-refractivity contribution is -0.130. The van der Waals surface area contributed by atoms with E-state index in [0.717, 1.165) is 11.0 Å². The van der Waals surface area contributed by atoms with Gasteiger partial charge >= 0.3 is 0 Å². The number of nitrogens with one attached hydrogen (secondary N) is 1. The maximum Gasteiger partial charge on any atom is 0.253 e. The number of amides is 1. The van der Waals surface area contributed by atoms with Gasteiger partial charge in [-0.1, -0.05) is 30.0 Å². The van der Waals surface area contributed by atoms with E-state index in [1.165, 1.54) is 16.8 Å². The lowest BCUT2D eigenvalue weighted by atomic mass is 10.1. The van der Waals surface area contributed by atoms with E-state index >= 15 is 0 Å². The van der Waals surface area contributed by atoms with Crippen molar-refractivity contribution < 1.29 is 13.6 Å². The minimum atomic E-state index is -0.335. The molecule has 3 N–H and O–H groups in total. The Kier molecular flexibility index (Phi) is 4.32. The molecule has 9 nitrogen and oxygen atoms in total. The zero-order valence-electron chi connectivity index (χ0n) is 15.1. The Morgan fingerprint density at radius 3 is 2.97 bits per heavy atom. The second-order valence-corrected chi connectivity index (χ2v) is 7.40. The van der Waals surface area contributed by atoms with Gasteiger partial charge in [0, 0.05) is 11.8 Å². The fourth-order valence-corrected chi connectivity index (χ4v) is 3.89. The van der Waals surface area contributed by atoms with E-state index < -0.39 is 0 Å². The van der Waals surface area contributed by atoms with E-state index in [1.54, 1.807) is 12.3 Å². The second kappa shape index (κ2) is 7.13. The molecule has 5 rings (SSSR count). The number of carbonyl (C=O) groups is 1. The number of carbonyl (C=O) groups excluding carboxylic acids is 1. The zero-order valence-corrected chi connectivity index (χ0v) is 15.9. The van der Waals surface area contributed by atoms with Crippen LogP contribution in [0.15, 0.2) is 67.8 Å². The molecule has 0 saturated heterocycles. The van der Waals surface area contributed by atoms with Gasteiger partial charge in [0.2, 0.25) is 11.1 Å². The van der Waals surface area contributed by atoms with Gasteiger partial charge in [-0.2, -0.15) is 10.1 Å². The molecule has 0 saturated carbocycles. The number of aromatic nitrogens is 3. The highest BCUT2D eigenvalue weighted by atomic mass is 32.2. The van der Waals surface area contributed by atoms with E-state index in [2.05, 4.69) is 20.3 Å². The molecule has 1 aliphatic heterocycles. The number of hydrazone groups is 1. The number of rotatable bonds is 5. The topological polar surface area (TPSA) is 127 Å². The van der Waals surface area contributed by atoms with Gasteiger partial charge in [0.1, 0.15) is 23.1 Å². The Morgan fingerprint density at radius 2 is 2.21 bits per heavy atom. The maximum absolute atomic E-state index is 12.9. The number of nitrogens with zero attached hydrogens (tertiary/aromatic N) is 4. The number of furan rings is 2. The van der Waals surface area contributed by atoms with Gasteiger partial charge in [-0.25, -0.2) is 10.1 Å². The lowest BCUT2D eigenvalue weighted by Gasteiger charge is -2.19. The molecule has 1 aromatic carbocycles. The summed E-state index contributed by atoms with van der Waals surface area (Å²) < 4.78 is 11.5. The minimum Gasteiger partial charge on any atom is -0.467 e. The number of benzene rings is 1. The SMILES string of the molecule is Nc1nc(SCC(=O)N2N=C(c3cc4ccccc4o3)C[C@@H]2c2ccco2)n[nH]1. The number of para-hydroxylation sites is 1. The van der Waals surface area contributed by atoms with Crippen LogP contribution in [0.3, 0.4) is 0 Å². The van der Waals surface area contributed by atoms with Crippen molar-refractivity contribution in [2.45, 2.75) is 17.6 Å². The van der Waals surface area contributed by atoms with Crippen LogP contribution in [-0.4, -0.2) is 37.6 Å². The highest BCUT2D eigenvalue weighted by molar-refractivity contribution is 7.99. The second-order valence-electron chi connectivity index (χ2n) is 6.46. The molecule has 10 heteroatoms. The molecular formula is C19H16N6O3S. The molecule has 29 heavy (non-hydrogen) atoms. The van der Waals surface area contributed by atoms with E-state index in [4.69, 9.17) is 14.6 Å². The number of fused-ring (bicyclic) bond motifs is 1. The van der Waals surface area contributed by atoms with Crippen molar-refractivity contribution >= 4 is 40.3 Å². The van der Waals surface area contributed by atoms with Gasteiger partial charge in [-0.15, -0.1) is 5.10 Å².